The number of anilines is 1. The van der Waals surface area contributed by atoms with Crippen molar-refractivity contribution in [3.63, 3.8) is 0 Å². The molecule has 0 aliphatic carbocycles. The third-order valence-electron chi connectivity index (χ3n) is 3.69. The van der Waals surface area contributed by atoms with Crippen LogP contribution >= 0.6 is 11.6 Å². The number of alkyl carbamates (subject to hydrolysis) is 1. The number of hydrogen-bond donors (Lipinski definition) is 2. The molecule has 1 aromatic carbocycles. The first-order valence-electron chi connectivity index (χ1n) is 7.99. The molecule has 1 aliphatic heterocycles. The van der Waals surface area contributed by atoms with Crippen LogP contribution in [0.3, 0.4) is 0 Å². The molecule has 0 bridgehead atoms. The van der Waals surface area contributed by atoms with Crippen molar-refractivity contribution in [1.82, 2.24) is 10.2 Å². The maximum absolute atomic E-state index is 11.9. The maximum Gasteiger partial charge on any atom is 0.407 e. The Kier molecular flexibility index (Phi) is 5.76. The highest BCUT2D eigenvalue weighted by Gasteiger charge is 2.24. The molecule has 1 aliphatic rings. The van der Waals surface area contributed by atoms with Gasteiger partial charge in [-0.3, -0.25) is 4.90 Å². The molecule has 0 spiro atoms. The van der Waals surface area contributed by atoms with E-state index in [2.05, 4.69) is 10.2 Å². The first-order chi connectivity index (χ1) is 10.7. The largest absolute Gasteiger partial charge is 0.444 e. The van der Waals surface area contributed by atoms with Gasteiger partial charge in [0, 0.05) is 29.8 Å². The lowest BCUT2D eigenvalue weighted by atomic mass is 10.0. The molecule has 1 fully saturated rings. The van der Waals surface area contributed by atoms with E-state index in [4.69, 9.17) is 22.1 Å². The number of rotatable bonds is 3. The van der Waals surface area contributed by atoms with Gasteiger partial charge in [-0.1, -0.05) is 11.6 Å². The average Bonchev–Trinajstić information content (AvgIpc) is 2.41. The number of nitrogens with one attached hydrogen (secondary N) is 1. The van der Waals surface area contributed by atoms with E-state index in [0.717, 1.165) is 43.1 Å². The fraction of sp³-hybridized carbons (Fsp3) is 0.588. The smallest absolute Gasteiger partial charge is 0.407 e. The van der Waals surface area contributed by atoms with Crippen molar-refractivity contribution in [2.45, 2.75) is 51.8 Å². The van der Waals surface area contributed by atoms with E-state index in [0.29, 0.717) is 5.69 Å². The predicted molar refractivity (Wildman–Crippen MR) is 93.5 cm³/mol. The minimum Gasteiger partial charge on any atom is -0.444 e. The number of nitrogens with zero attached hydrogens (tertiary/aromatic N) is 1. The standard InChI is InChI=1S/C17H26ClN3O2/c1-17(2,3)23-16(22)20-14-5-4-8-21(11-14)10-12-9-13(19)6-7-15(12)18/h6-7,9,14H,4-5,8,10-11,19H2,1-3H3,(H,20,22). The van der Waals surface area contributed by atoms with Crippen LogP contribution in [-0.4, -0.2) is 35.7 Å². The van der Waals surface area contributed by atoms with E-state index >= 15 is 0 Å². The zero-order valence-corrected chi connectivity index (χ0v) is 14.8. The molecule has 0 radical (unpaired) electrons. The van der Waals surface area contributed by atoms with Gasteiger partial charge >= 0.3 is 6.09 Å². The van der Waals surface area contributed by atoms with E-state index in [1.165, 1.54) is 0 Å². The molecule has 1 heterocycles. The van der Waals surface area contributed by atoms with Gasteiger partial charge in [0.25, 0.3) is 0 Å². The number of carbonyl (C=O) groups is 1. The van der Waals surface area contributed by atoms with Crippen molar-refractivity contribution in [2.24, 2.45) is 0 Å². The van der Waals surface area contributed by atoms with E-state index < -0.39 is 5.60 Å². The quantitative estimate of drug-likeness (QED) is 0.828. The molecule has 0 aromatic heterocycles. The van der Waals surface area contributed by atoms with Crippen molar-refractivity contribution in [3.8, 4) is 0 Å². The summed E-state index contributed by atoms with van der Waals surface area (Å²) in [5.74, 6) is 0. The van der Waals surface area contributed by atoms with Gasteiger partial charge in [0.05, 0.1) is 0 Å². The monoisotopic (exact) mass is 339 g/mol. The van der Waals surface area contributed by atoms with Gasteiger partial charge < -0.3 is 15.8 Å². The number of benzene rings is 1. The van der Waals surface area contributed by atoms with Gasteiger partial charge in [-0.2, -0.15) is 0 Å². The minimum absolute atomic E-state index is 0.0958. The highest BCUT2D eigenvalue weighted by molar-refractivity contribution is 6.31. The van der Waals surface area contributed by atoms with E-state index in [1.54, 1.807) is 6.07 Å². The summed E-state index contributed by atoms with van der Waals surface area (Å²) in [7, 11) is 0. The number of hydrogen-bond acceptors (Lipinski definition) is 4. The Morgan fingerprint density at radius 3 is 2.91 bits per heavy atom. The molecule has 1 unspecified atom stereocenters. The zero-order valence-electron chi connectivity index (χ0n) is 14.1. The Morgan fingerprint density at radius 2 is 2.22 bits per heavy atom. The Labute approximate surface area is 143 Å². The Hall–Kier alpha value is -1.46. The second-order valence-corrected chi connectivity index (χ2v) is 7.48. The molecule has 6 heteroatoms. The number of nitrogen functional groups attached to an aromatic ring is 1. The van der Waals surface area contributed by atoms with Crippen molar-refractivity contribution in [2.75, 3.05) is 18.8 Å². The Morgan fingerprint density at radius 1 is 1.48 bits per heavy atom. The highest BCUT2D eigenvalue weighted by Crippen LogP contribution is 2.22. The summed E-state index contributed by atoms with van der Waals surface area (Å²) in [5, 5.41) is 3.68. The van der Waals surface area contributed by atoms with Crippen LogP contribution in [-0.2, 0) is 11.3 Å². The summed E-state index contributed by atoms with van der Waals surface area (Å²) in [6, 6.07) is 5.63. The molecule has 0 saturated carbocycles. The van der Waals surface area contributed by atoms with Crippen molar-refractivity contribution >= 4 is 23.4 Å². The number of piperidine rings is 1. The predicted octanol–water partition coefficient (Wildman–Crippen LogP) is 3.41. The normalized spacial score (nSPS) is 19.4. The minimum atomic E-state index is -0.479. The molecule has 23 heavy (non-hydrogen) atoms. The zero-order chi connectivity index (χ0) is 17.0. The number of carbonyl (C=O) groups excluding carboxylic acids is 1. The van der Waals surface area contributed by atoms with Gasteiger partial charge in [0.15, 0.2) is 0 Å². The fourth-order valence-electron chi connectivity index (χ4n) is 2.75. The molecule has 5 nitrogen and oxygen atoms in total. The van der Waals surface area contributed by atoms with Crippen LogP contribution in [0.1, 0.15) is 39.2 Å². The lowest BCUT2D eigenvalue weighted by molar-refractivity contribution is 0.0470. The van der Waals surface area contributed by atoms with Crippen LogP contribution in [0.5, 0.6) is 0 Å². The molecular formula is C17H26ClN3O2. The van der Waals surface area contributed by atoms with Gasteiger partial charge in [-0.25, -0.2) is 4.79 Å². The second kappa shape index (κ2) is 7.41. The van der Waals surface area contributed by atoms with Crippen LogP contribution in [0.25, 0.3) is 0 Å². The average molecular weight is 340 g/mol. The van der Waals surface area contributed by atoms with Gasteiger partial charge in [-0.05, 0) is 63.9 Å². The summed E-state index contributed by atoms with van der Waals surface area (Å²) in [4.78, 5) is 14.2. The van der Waals surface area contributed by atoms with Crippen LogP contribution in [0, 0.1) is 0 Å². The van der Waals surface area contributed by atoms with Crippen LogP contribution < -0.4 is 11.1 Å². The number of likely N-dealkylation sites (tertiary alicyclic amines) is 1. The summed E-state index contributed by atoms with van der Waals surface area (Å²) < 4.78 is 5.32. The summed E-state index contributed by atoms with van der Waals surface area (Å²) in [6.07, 6.45) is 1.63. The first-order valence-corrected chi connectivity index (χ1v) is 8.36. The molecular weight excluding hydrogens is 314 g/mol. The summed E-state index contributed by atoms with van der Waals surface area (Å²) in [6.45, 7) is 8.09. The number of ether oxygens (including phenoxy) is 1. The third-order valence-corrected chi connectivity index (χ3v) is 4.06. The summed E-state index contributed by atoms with van der Waals surface area (Å²) in [5.41, 5.74) is 7.09. The molecule has 3 N–H and O–H groups in total. The Balaban J connectivity index is 1.90. The van der Waals surface area contributed by atoms with Gasteiger partial charge in [0.2, 0.25) is 0 Å². The molecule has 1 aromatic rings. The SMILES string of the molecule is CC(C)(C)OC(=O)NC1CCCN(Cc2cc(N)ccc2Cl)C1. The lowest BCUT2D eigenvalue weighted by Crippen LogP contribution is -2.48. The maximum atomic E-state index is 11.9. The van der Waals surface area contributed by atoms with E-state index in [9.17, 15) is 4.79 Å². The highest BCUT2D eigenvalue weighted by atomic mass is 35.5. The van der Waals surface area contributed by atoms with Crippen LogP contribution in [0.4, 0.5) is 10.5 Å². The van der Waals surface area contributed by atoms with Crippen LogP contribution in [0.15, 0.2) is 18.2 Å². The summed E-state index contributed by atoms with van der Waals surface area (Å²) >= 11 is 6.24. The van der Waals surface area contributed by atoms with E-state index in [-0.39, 0.29) is 12.1 Å². The molecule has 1 saturated heterocycles. The van der Waals surface area contributed by atoms with Crippen molar-refractivity contribution in [1.29, 1.82) is 0 Å². The molecule has 1 atom stereocenters. The van der Waals surface area contributed by atoms with Gasteiger partial charge in [-0.15, -0.1) is 0 Å². The van der Waals surface area contributed by atoms with E-state index in [1.807, 2.05) is 32.9 Å². The third kappa shape index (κ3) is 5.92. The fourth-order valence-corrected chi connectivity index (χ4v) is 2.93. The topological polar surface area (TPSA) is 67.6 Å². The van der Waals surface area contributed by atoms with Gasteiger partial charge in [0.1, 0.15) is 5.60 Å². The van der Waals surface area contributed by atoms with Crippen molar-refractivity contribution < 1.29 is 9.53 Å². The lowest BCUT2D eigenvalue weighted by Gasteiger charge is -2.33. The number of amides is 1. The first kappa shape index (κ1) is 17.9. The molecule has 2 rings (SSSR count). The number of nitrogens with two attached hydrogens (primary N) is 1. The Bertz CT molecular complexity index is 557. The molecule has 128 valence electrons. The number of halogens is 1. The van der Waals surface area contributed by atoms with Crippen LogP contribution in [0.2, 0.25) is 5.02 Å². The second-order valence-electron chi connectivity index (χ2n) is 7.07. The molecule has 1 amide bonds. The van der Waals surface area contributed by atoms with Crippen molar-refractivity contribution in [3.05, 3.63) is 28.8 Å².